The number of likely N-dealkylation sites (tertiary alicyclic amines) is 1. The van der Waals surface area contributed by atoms with E-state index in [2.05, 4.69) is 5.32 Å². The zero-order valence-corrected chi connectivity index (χ0v) is 16.4. The second-order valence-electron chi connectivity index (χ2n) is 7.12. The fraction of sp³-hybridized carbons (Fsp3) is 0.391. The maximum atomic E-state index is 12.5. The summed E-state index contributed by atoms with van der Waals surface area (Å²) in [5, 5.41) is 3.01. The molecule has 0 aliphatic carbocycles. The van der Waals surface area contributed by atoms with Gasteiger partial charge in [-0.1, -0.05) is 36.4 Å². The van der Waals surface area contributed by atoms with Crippen LogP contribution in [0.1, 0.15) is 42.1 Å². The summed E-state index contributed by atoms with van der Waals surface area (Å²) in [6, 6.07) is 17.1. The topological polar surface area (TPSA) is 58.6 Å². The largest absolute Gasteiger partial charge is 0.494 e. The van der Waals surface area contributed by atoms with Gasteiger partial charge in [-0.2, -0.15) is 0 Å². The van der Waals surface area contributed by atoms with Crippen LogP contribution in [0.4, 0.5) is 0 Å². The van der Waals surface area contributed by atoms with E-state index in [0.29, 0.717) is 38.6 Å². The molecule has 1 aliphatic rings. The lowest BCUT2D eigenvalue weighted by atomic mass is 9.93. The van der Waals surface area contributed by atoms with Gasteiger partial charge in [0.2, 0.25) is 5.91 Å². The highest BCUT2D eigenvalue weighted by molar-refractivity contribution is 5.94. The minimum Gasteiger partial charge on any atom is -0.494 e. The SMILES string of the molecule is CCOc1ccccc1CNC(=O)CC1CCN(C(=O)c2ccccc2)CC1. The van der Waals surface area contributed by atoms with Crippen molar-refractivity contribution in [3.63, 3.8) is 0 Å². The van der Waals surface area contributed by atoms with Crippen molar-refractivity contribution in [1.82, 2.24) is 10.2 Å². The summed E-state index contributed by atoms with van der Waals surface area (Å²) in [5.41, 5.74) is 1.72. The van der Waals surface area contributed by atoms with Crippen molar-refractivity contribution in [2.75, 3.05) is 19.7 Å². The predicted octanol–water partition coefficient (Wildman–Crippen LogP) is 3.64. The molecule has 1 aliphatic heterocycles. The van der Waals surface area contributed by atoms with Crippen LogP contribution in [0.3, 0.4) is 0 Å². The van der Waals surface area contributed by atoms with Crippen molar-refractivity contribution in [2.45, 2.75) is 32.7 Å². The standard InChI is InChI=1S/C23H28N2O3/c1-2-28-21-11-7-6-10-20(21)17-24-22(26)16-18-12-14-25(15-13-18)23(27)19-8-4-3-5-9-19/h3-11,18H,2,12-17H2,1H3,(H,24,26). The molecule has 0 atom stereocenters. The fourth-order valence-corrected chi connectivity index (χ4v) is 3.58. The third-order valence-corrected chi connectivity index (χ3v) is 5.15. The summed E-state index contributed by atoms with van der Waals surface area (Å²) < 4.78 is 5.60. The zero-order chi connectivity index (χ0) is 19.8. The predicted molar refractivity (Wildman–Crippen MR) is 109 cm³/mol. The number of amides is 2. The highest BCUT2D eigenvalue weighted by Crippen LogP contribution is 2.22. The van der Waals surface area contributed by atoms with Crippen molar-refractivity contribution >= 4 is 11.8 Å². The molecule has 0 saturated carbocycles. The molecule has 28 heavy (non-hydrogen) atoms. The number of nitrogens with zero attached hydrogens (tertiary/aromatic N) is 1. The molecule has 1 fully saturated rings. The van der Waals surface area contributed by atoms with Gasteiger partial charge in [-0.15, -0.1) is 0 Å². The van der Waals surface area contributed by atoms with Crippen LogP contribution >= 0.6 is 0 Å². The molecule has 0 spiro atoms. The number of carbonyl (C=O) groups is 2. The number of ether oxygens (including phenoxy) is 1. The summed E-state index contributed by atoms with van der Waals surface area (Å²) in [5.74, 6) is 1.27. The van der Waals surface area contributed by atoms with Gasteiger partial charge in [0.25, 0.3) is 5.91 Å². The summed E-state index contributed by atoms with van der Waals surface area (Å²) in [6.07, 6.45) is 2.23. The fourth-order valence-electron chi connectivity index (χ4n) is 3.58. The first-order chi connectivity index (χ1) is 13.7. The van der Waals surface area contributed by atoms with E-state index < -0.39 is 0 Å². The van der Waals surface area contributed by atoms with E-state index in [9.17, 15) is 9.59 Å². The van der Waals surface area contributed by atoms with Gasteiger partial charge in [-0.25, -0.2) is 0 Å². The Morgan fingerprint density at radius 1 is 1.04 bits per heavy atom. The first-order valence-corrected chi connectivity index (χ1v) is 9.99. The van der Waals surface area contributed by atoms with Crippen LogP contribution in [-0.4, -0.2) is 36.4 Å². The van der Waals surface area contributed by atoms with Crippen LogP contribution in [-0.2, 0) is 11.3 Å². The molecule has 2 aromatic carbocycles. The number of hydrogen-bond donors (Lipinski definition) is 1. The van der Waals surface area contributed by atoms with E-state index in [4.69, 9.17) is 4.74 Å². The van der Waals surface area contributed by atoms with Crippen molar-refractivity contribution < 1.29 is 14.3 Å². The van der Waals surface area contributed by atoms with Gasteiger partial charge < -0.3 is 15.0 Å². The molecule has 1 N–H and O–H groups in total. The van der Waals surface area contributed by atoms with Crippen LogP contribution in [0.2, 0.25) is 0 Å². The summed E-state index contributed by atoms with van der Waals surface area (Å²) in [6.45, 7) is 4.44. The van der Waals surface area contributed by atoms with E-state index in [1.807, 2.05) is 66.4 Å². The molecule has 3 rings (SSSR count). The van der Waals surface area contributed by atoms with Crippen molar-refractivity contribution in [3.8, 4) is 5.75 Å². The quantitative estimate of drug-likeness (QED) is 0.798. The molecule has 2 aromatic rings. The van der Waals surface area contributed by atoms with Crippen molar-refractivity contribution in [2.24, 2.45) is 5.92 Å². The van der Waals surface area contributed by atoms with Crippen molar-refractivity contribution in [3.05, 3.63) is 65.7 Å². The average molecular weight is 380 g/mol. The summed E-state index contributed by atoms with van der Waals surface area (Å²) in [7, 11) is 0. The van der Waals surface area contributed by atoms with Gasteiger partial charge in [0.05, 0.1) is 6.61 Å². The monoisotopic (exact) mass is 380 g/mol. The van der Waals surface area contributed by atoms with E-state index >= 15 is 0 Å². The molecule has 1 heterocycles. The van der Waals surface area contributed by atoms with Gasteiger partial charge in [0.1, 0.15) is 5.75 Å². The van der Waals surface area contributed by atoms with Gasteiger partial charge in [-0.05, 0) is 43.9 Å². The Hall–Kier alpha value is -2.82. The Morgan fingerprint density at radius 2 is 1.71 bits per heavy atom. The Kier molecular flexibility index (Phi) is 7.06. The first kappa shape index (κ1) is 19.9. The van der Waals surface area contributed by atoms with Crippen LogP contribution in [0.5, 0.6) is 5.75 Å². The molecule has 5 nitrogen and oxygen atoms in total. The van der Waals surface area contributed by atoms with Crippen molar-refractivity contribution in [1.29, 1.82) is 0 Å². The Morgan fingerprint density at radius 3 is 2.43 bits per heavy atom. The molecule has 0 aromatic heterocycles. The van der Waals surface area contributed by atoms with Gasteiger partial charge in [-0.3, -0.25) is 9.59 Å². The van der Waals surface area contributed by atoms with Gasteiger partial charge >= 0.3 is 0 Å². The van der Waals surface area contributed by atoms with Gasteiger partial charge in [0, 0.05) is 37.2 Å². The number of benzene rings is 2. The molecule has 5 heteroatoms. The number of rotatable bonds is 7. The number of piperidine rings is 1. The molecule has 1 saturated heterocycles. The Balaban J connectivity index is 1.43. The lowest BCUT2D eigenvalue weighted by Crippen LogP contribution is -2.39. The smallest absolute Gasteiger partial charge is 0.253 e. The first-order valence-electron chi connectivity index (χ1n) is 9.99. The third-order valence-electron chi connectivity index (χ3n) is 5.15. The zero-order valence-electron chi connectivity index (χ0n) is 16.4. The summed E-state index contributed by atoms with van der Waals surface area (Å²) >= 11 is 0. The lowest BCUT2D eigenvalue weighted by molar-refractivity contribution is -0.122. The molecule has 0 radical (unpaired) electrons. The van der Waals surface area contributed by atoms with Gasteiger partial charge in [0.15, 0.2) is 0 Å². The molecular formula is C23H28N2O3. The number of hydrogen-bond acceptors (Lipinski definition) is 3. The minimum absolute atomic E-state index is 0.0548. The molecule has 0 unspecified atom stereocenters. The van der Waals surface area contributed by atoms with E-state index in [0.717, 1.165) is 29.7 Å². The second kappa shape index (κ2) is 9.93. The van der Waals surface area contributed by atoms with E-state index in [1.165, 1.54) is 0 Å². The number of nitrogens with one attached hydrogen (secondary N) is 1. The Bertz CT molecular complexity index is 783. The highest BCUT2D eigenvalue weighted by atomic mass is 16.5. The number of carbonyl (C=O) groups excluding carboxylic acids is 2. The summed E-state index contributed by atoms with van der Waals surface area (Å²) in [4.78, 5) is 26.8. The average Bonchev–Trinajstić information content (AvgIpc) is 2.74. The molecular weight excluding hydrogens is 352 g/mol. The van der Waals surface area contributed by atoms with E-state index in [-0.39, 0.29) is 11.8 Å². The maximum Gasteiger partial charge on any atom is 0.253 e. The van der Waals surface area contributed by atoms with E-state index in [1.54, 1.807) is 0 Å². The van der Waals surface area contributed by atoms with Crippen LogP contribution in [0, 0.1) is 5.92 Å². The minimum atomic E-state index is 0.0548. The third kappa shape index (κ3) is 5.35. The normalized spacial score (nSPS) is 14.5. The molecule has 0 bridgehead atoms. The lowest BCUT2D eigenvalue weighted by Gasteiger charge is -2.31. The van der Waals surface area contributed by atoms with Crippen LogP contribution in [0.25, 0.3) is 0 Å². The maximum absolute atomic E-state index is 12.5. The number of para-hydroxylation sites is 1. The molecule has 148 valence electrons. The Labute approximate surface area is 166 Å². The highest BCUT2D eigenvalue weighted by Gasteiger charge is 2.25. The second-order valence-corrected chi connectivity index (χ2v) is 7.12. The van der Waals surface area contributed by atoms with Crippen LogP contribution < -0.4 is 10.1 Å². The van der Waals surface area contributed by atoms with Crippen LogP contribution in [0.15, 0.2) is 54.6 Å². The molecule has 2 amide bonds.